The lowest BCUT2D eigenvalue weighted by Crippen LogP contribution is -2.33. The lowest BCUT2D eigenvalue weighted by atomic mass is 9.72. The van der Waals surface area contributed by atoms with Crippen molar-refractivity contribution < 1.29 is 9.84 Å². The van der Waals surface area contributed by atoms with Crippen LogP contribution in [0.3, 0.4) is 0 Å². The van der Waals surface area contributed by atoms with Gasteiger partial charge in [0, 0.05) is 0 Å². The molecule has 0 aliphatic heterocycles. The summed E-state index contributed by atoms with van der Waals surface area (Å²) in [6.07, 6.45) is 8.15. The van der Waals surface area contributed by atoms with E-state index in [1.807, 2.05) is 12.1 Å². The highest BCUT2D eigenvalue weighted by atomic mass is 16.5. The molecule has 2 heteroatoms. The second kappa shape index (κ2) is 6.00. The fourth-order valence-corrected chi connectivity index (χ4v) is 3.73. The Kier molecular flexibility index (Phi) is 4.26. The van der Waals surface area contributed by atoms with Gasteiger partial charge in [-0.1, -0.05) is 32.4 Å². The first kappa shape index (κ1) is 14.9. The first-order chi connectivity index (χ1) is 10.0. The van der Waals surface area contributed by atoms with Gasteiger partial charge in [0.15, 0.2) is 0 Å². The zero-order valence-electron chi connectivity index (χ0n) is 13.3. The molecule has 0 heterocycles. The van der Waals surface area contributed by atoms with Gasteiger partial charge in [0.05, 0.1) is 11.7 Å². The van der Waals surface area contributed by atoms with Crippen molar-refractivity contribution in [2.75, 3.05) is 0 Å². The second-order valence-corrected chi connectivity index (χ2v) is 7.47. The van der Waals surface area contributed by atoms with E-state index in [-0.39, 0.29) is 0 Å². The number of hydrogen-bond acceptors (Lipinski definition) is 2. The molecule has 2 aliphatic carbocycles. The van der Waals surface area contributed by atoms with Crippen LogP contribution in [0.4, 0.5) is 0 Å². The fraction of sp³-hybridized carbons (Fsp3) is 0.684. The van der Waals surface area contributed by atoms with Crippen LogP contribution in [0, 0.1) is 11.8 Å². The van der Waals surface area contributed by atoms with E-state index in [9.17, 15) is 5.11 Å². The molecule has 0 spiro atoms. The Morgan fingerprint density at radius 2 is 2.10 bits per heavy atom. The second-order valence-electron chi connectivity index (χ2n) is 7.47. The molecular formula is C19H28O2. The summed E-state index contributed by atoms with van der Waals surface area (Å²) in [6, 6.07) is 8.17. The van der Waals surface area contributed by atoms with E-state index in [1.165, 1.54) is 25.7 Å². The van der Waals surface area contributed by atoms with Gasteiger partial charge in [-0.3, -0.25) is 0 Å². The third-order valence-electron chi connectivity index (χ3n) is 4.83. The largest absolute Gasteiger partial charge is 0.490 e. The molecule has 2 fully saturated rings. The van der Waals surface area contributed by atoms with E-state index in [0.29, 0.717) is 17.9 Å². The zero-order chi connectivity index (χ0) is 14.9. The van der Waals surface area contributed by atoms with Gasteiger partial charge in [-0.15, -0.1) is 0 Å². The molecule has 1 aromatic rings. The highest BCUT2D eigenvalue weighted by molar-refractivity contribution is 5.33. The number of ether oxygens (including phenoxy) is 1. The summed E-state index contributed by atoms with van der Waals surface area (Å²) in [4.78, 5) is 0. The predicted molar refractivity (Wildman–Crippen MR) is 85.4 cm³/mol. The van der Waals surface area contributed by atoms with Crippen LogP contribution in [0.15, 0.2) is 24.3 Å². The van der Waals surface area contributed by atoms with E-state index >= 15 is 0 Å². The normalized spacial score (nSPS) is 29.6. The molecule has 0 saturated heterocycles. The van der Waals surface area contributed by atoms with E-state index < -0.39 is 5.60 Å². The first-order valence-electron chi connectivity index (χ1n) is 8.55. The topological polar surface area (TPSA) is 29.5 Å². The number of rotatable bonds is 5. The summed E-state index contributed by atoms with van der Waals surface area (Å²) in [7, 11) is 0. The number of aliphatic hydroxyl groups is 1. The van der Waals surface area contributed by atoms with Crippen LogP contribution < -0.4 is 4.74 Å². The summed E-state index contributed by atoms with van der Waals surface area (Å²) < 4.78 is 5.88. The molecule has 2 atom stereocenters. The van der Waals surface area contributed by atoms with Gasteiger partial charge in [0.25, 0.3) is 0 Å². The van der Waals surface area contributed by atoms with Crippen molar-refractivity contribution in [3.8, 4) is 5.75 Å². The molecule has 1 N–H and O–H groups in total. The van der Waals surface area contributed by atoms with E-state index in [4.69, 9.17) is 4.74 Å². The standard InChI is InChI=1S/C19H28O2/c1-14(2)11-15-5-4-10-19(20,13-15)16-6-3-7-18(12-16)21-17-8-9-17/h3,6-7,12,14-15,17,20H,4-5,8-11,13H2,1-2H3. The van der Waals surface area contributed by atoms with E-state index in [0.717, 1.165) is 30.6 Å². The molecule has 0 bridgehead atoms. The number of hydrogen-bond donors (Lipinski definition) is 1. The van der Waals surface area contributed by atoms with Crippen LogP contribution in [-0.2, 0) is 5.60 Å². The molecule has 0 amide bonds. The summed E-state index contributed by atoms with van der Waals surface area (Å²) in [5.74, 6) is 2.29. The quantitative estimate of drug-likeness (QED) is 0.854. The Morgan fingerprint density at radius 1 is 1.29 bits per heavy atom. The van der Waals surface area contributed by atoms with E-state index in [2.05, 4.69) is 26.0 Å². The summed E-state index contributed by atoms with van der Waals surface area (Å²) in [5, 5.41) is 11.1. The summed E-state index contributed by atoms with van der Waals surface area (Å²) >= 11 is 0. The third-order valence-corrected chi connectivity index (χ3v) is 4.83. The van der Waals surface area contributed by atoms with Crippen molar-refractivity contribution in [2.24, 2.45) is 11.8 Å². The Morgan fingerprint density at radius 3 is 2.81 bits per heavy atom. The predicted octanol–water partition coefficient (Wildman–Crippen LogP) is 4.65. The maximum absolute atomic E-state index is 11.1. The van der Waals surface area contributed by atoms with Crippen molar-refractivity contribution >= 4 is 0 Å². The molecule has 3 rings (SSSR count). The van der Waals surface area contributed by atoms with Crippen molar-refractivity contribution in [3.05, 3.63) is 29.8 Å². The Bertz CT molecular complexity index is 478. The number of benzene rings is 1. The monoisotopic (exact) mass is 288 g/mol. The Balaban J connectivity index is 1.73. The van der Waals surface area contributed by atoms with E-state index in [1.54, 1.807) is 0 Å². The maximum atomic E-state index is 11.1. The lowest BCUT2D eigenvalue weighted by Gasteiger charge is -2.38. The average molecular weight is 288 g/mol. The molecular weight excluding hydrogens is 260 g/mol. The van der Waals surface area contributed by atoms with Crippen molar-refractivity contribution in [3.63, 3.8) is 0 Å². The molecule has 0 radical (unpaired) electrons. The lowest BCUT2D eigenvalue weighted by molar-refractivity contribution is -0.0246. The van der Waals surface area contributed by atoms with Crippen LogP contribution >= 0.6 is 0 Å². The average Bonchev–Trinajstić information content (AvgIpc) is 3.22. The van der Waals surface area contributed by atoms with Gasteiger partial charge in [-0.25, -0.2) is 0 Å². The van der Waals surface area contributed by atoms with Crippen molar-refractivity contribution in [2.45, 2.75) is 70.5 Å². The Hall–Kier alpha value is -1.02. The van der Waals surface area contributed by atoms with Crippen LogP contribution in [0.5, 0.6) is 5.75 Å². The minimum absolute atomic E-state index is 0.412. The maximum Gasteiger partial charge on any atom is 0.120 e. The SMILES string of the molecule is CC(C)CC1CCCC(O)(c2cccc(OC3CC3)c2)C1. The van der Waals surface area contributed by atoms with Crippen LogP contribution in [0.2, 0.25) is 0 Å². The van der Waals surface area contributed by atoms with Crippen LogP contribution in [0.1, 0.15) is 64.4 Å². The first-order valence-corrected chi connectivity index (χ1v) is 8.55. The van der Waals surface area contributed by atoms with Gasteiger partial charge >= 0.3 is 0 Å². The van der Waals surface area contributed by atoms with Gasteiger partial charge < -0.3 is 9.84 Å². The van der Waals surface area contributed by atoms with Gasteiger partial charge in [-0.2, -0.15) is 0 Å². The highest BCUT2D eigenvalue weighted by Crippen LogP contribution is 2.43. The van der Waals surface area contributed by atoms with Gasteiger partial charge in [-0.05, 0) is 68.1 Å². The summed E-state index contributed by atoms with van der Waals surface area (Å²) in [5.41, 5.74) is 0.398. The molecule has 0 aromatic heterocycles. The van der Waals surface area contributed by atoms with Crippen molar-refractivity contribution in [1.82, 2.24) is 0 Å². The molecule has 2 aliphatic rings. The molecule has 116 valence electrons. The molecule has 2 nitrogen and oxygen atoms in total. The van der Waals surface area contributed by atoms with Crippen molar-refractivity contribution in [1.29, 1.82) is 0 Å². The van der Waals surface area contributed by atoms with Gasteiger partial charge in [0.1, 0.15) is 5.75 Å². The molecule has 2 unspecified atom stereocenters. The molecule has 1 aromatic carbocycles. The van der Waals surface area contributed by atoms with Gasteiger partial charge in [0.2, 0.25) is 0 Å². The van der Waals surface area contributed by atoms with Crippen LogP contribution in [0.25, 0.3) is 0 Å². The molecule has 21 heavy (non-hydrogen) atoms. The zero-order valence-corrected chi connectivity index (χ0v) is 13.3. The minimum Gasteiger partial charge on any atom is -0.490 e. The minimum atomic E-state index is -0.652. The Labute approximate surface area is 128 Å². The van der Waals surface area contributed by atoms with Crippen LogP contribution in [-0.4, -0.2) is 11.2 Å². The summed E-state index contributed by atoms with van der Waals surface area (Å²) in [6.45, 7) is 4.55. The smallest absolute Gasteiger partial charge is 0.120 e. The fourth-order valence-electron chi connectivity index (χ4n) is 3.73. The third kappa shape index (κ3) is 3.79. The highest BCUT2D eigenvalue weighted by Gasteiger charge is 2.36. The molecule has 2 saturated carbocycles.